The standard InChI is InChI=1S/C50H83N/c1-3-11-34(12-4-1)36-19-23-44(24-20-36)51(45-25-21-37(22-26-45)35-13-5-2-6-14-35)46-27-28-48-41(33-46)32-43-31-40-17-9-10-18-47(40)49(50(43)48)42-29-38-15-7-8-16-39(38)30-42/h34-50H,1-33H2. The monoisotopic (exact) mass is 698 g/mol. The molecule has 0 heterocycles. The molecule has 0 N–H and O–H groups in total. The highest BCUT2D eigenvalue weighted by atomic mass is 15.2. The second-order valence-electron chi connectivity index (χ2n) is 22.4. The summed E-state index contributed by atoms with van der Waals surface area (Å²) >= 11 is 0. The first-order valence-electron chi connectivity index (χ1n) is 25.0. The van der Waals surface area contributed by atoms with Gasteiger partial charge in [0, 0.05) is 18.1 Å². The second-order valence-corrected chi connectivity index (χ2v) is 22.4. The normalized spacial score (nSPS) is 49.9. The summed E-state index contributed by atoms with van der Waals surface area (Å²) in [5, 5.41) is 0. The van der Waals surface area contributed by atoms with Gasteiger partial charge in [0.2, 0.25) is 0 Å². The van der Waals surface area contributed by atoms with Gasteiger partial charge in [0.25, 0.3) is 0 Å². The van der Waals surface area contributed by atoms with E-state index < -0.39 is 0 Å². The molecule has 0 aromatic carbocycles. The van der Waals surface area contributed by atoms with Gasteiger partial charge in [-0.1, -0.05) is 109 Å². The van der Waals surface area contributed by atoms with Crippen LogP contribution in [0.2, 0.25) is 0 Å². The van der Waals surface area contributed by atoms with E-state index in [0.717, 1.165) is 101 Å². The van der Waals surface area contributed by atoms with Gasteiger partial charge < -0.3 is 0 Å². The van der Waals surface area contributed by atoms with Gasteiger partial charge in [0.05, 0.1) is 0 Å². The fraction of sp³-hybridized carbons (Fsp3) is 1.00. The van der Waals surface area contributed by atoms with Gasteiger partial charge in [-0.3, -0.25) is 4.90 Å². The molecule has 10 aliphatic carbocycles. The summed E-state index contributed by atoms with van der Waals surface area (Å²) in [6.07, 6.45) is 52.3. The fourth-order valence-electron chi connectivity index (χ4n) is 18.4. The maximum absolute atomic E-state index is 3.41. The molecule has 10 saturated carbocycles. The topological polar surface area (TPSA) is 3.24 Å². The maximum atomic E-state index is 3.41. The van der Waals surface area contributed by atoms with Crippen LogP contribution in [0, 0.1) is 82.9 Å². The lowest BCUT2D eigenvalue weighted by Gasteiger charge is -2.53. The van der Waals surface area contributed by atoms with Crippen molar-refractivity contribution in [2.24, 2.45) is 82.9 Å². The van der Waals surface area contributed by atoms with Crippen molar-refractivity contribution in [3.8, 4) is 0 Å². The zero-order valence-electron chi connectivity index (χ0n) is 33.6. The Hall–Kier alpha value is -0.0400. The molecule has 10 aliphatic rings. The van der Waals surface area contributed by atoms with E-state index >= 15 is 0 Å². The van der Waals surface area contributed by atoms with E-state index in [4.69, 9.17) is 0 Å². The third-order valence-corrected chi connectivity index (χ3v) is 20.4. The van der Waals surface area contributed by atoms with Crippen LogP contribution < -0.4 is 0 Å². The molecule has 10 fully saturated rings. The summed E-state index contributed by atoms with van der Waals surface area (Å²) in [7, 11) is 0. The Kier molecular flexibility index (Phi) is 11.0. The Labute approximate surface area is 316 Å². The van der Waals surface area contributed by atoms with Crippen molar-refractivity contribution in [3.05, 3.63) is 0 Å². The van der Waals surface area contributed by atoms with Crippen LogP contribution in [0.5, 0.6) is 0 Å². The highest BCUT2D eigenvalue weighted by molar-refractivity contribution is 5.08. The van der Waals surface area contributed by atoms with E-state index in [-0.39, 0.29) is 0 Å². The minimum atomic E-state index is 0.934. The summed E-state index contributed by atoms with van der Waals surface area (Å²) in [6, 6.07) is 2.81. The fourth-order valence-corrected chi connectivity index (χ4v) is 18.4. The predicted molar refractivity (Wildman–Crippen MR) is 214 cm³/mol. The molecule has 0 saturated heterocycles. The molecule has 51 heavy (non-hydrogen) atoms. The highest BCUT2D eigenvalue weighted by Gasteiger charge is 2.58. The van der Waals surface area contributed by atoms with E-state index in [2.05, 4.69) is 4.90 Å². The Morgan fingerprint density at radius 3 is 1.14 bits per heavy atom. The Bertz CT molecular complexity index is 1050. The van der Waals surface area contributed by atoms with Crippen LogP contribution in [0.4, 0.5) is 0 Å². The van der Waals surface area contributed by atoms with Gasteiger partial charge >= 0.3 is 0 Å². The third-order valence-electron chi connectivity index (χ3n) is 20.4. The van der Waals surface area contributed by atoms with Crippen molar-refractivity contribution >= 4 is 0 Å². The van der Waals surface area contributed by atoms with Crippen molar-refractivity contribution < 1.29 is 0 Å². The van der Waals surface area contributed by atoms with Crippen molar-refractivity contribution in [3.63, 3.8) is 0 Å². The zero-order valence-corrected chi connectivity index (χ0v) is 33.6. The molecule has 0 bridgehead atoms. The zero-order chi connectivity index (χ0) is 33.7. The van der Waals surface area contributed by atoms with Gasteiger partial charge in [-0.15, -0.1) is 0 Å². The first-order chi connectivity index (χ1) is 25.3. The average molecular weight is 698 g/mol. The van der Waals surface area contributed by atoms with Gasteiger partial charge in [-0.2, -0.15) is 0 Å². The lowest BCUT2D eigenvalue weighted by molar-refractivity contribution is -0.0441. The molecule has 0 spiro atoms. The minimum absolute atomic E-state index is 0.934. The van der Waals surface area contributed by atoms with Crippen LogP contribution in [-0.4, -0.2) is 23.0 Å². The molecule has 0 aromatic rings. The highest BCUT2D eigenvalue weighted by Crippen LogP contribution is 2.65. The molecule has 0 amide bonds. The van der Waals surface area contributed by atoms with Gasteiger partial charge in [-0.05, 0) is 186 Å². The second kappa shape index (κ2) is 15.8. The lowest BCUT2D eigenvalue weighted by Crippen LogP contribution is -2.54. The van der Waals surface area contributed by atoms with Crippen LogP contribution >= 0.6 is 0 Å². The van der Waals surface area contributed by atoms with Crippen LogP contribution in [0.15, 0.2) is 0 Å². The maximum Gasteiger partial charge on any atom is 0.0104 e. The number of nitrogens with zero attached hydrogens (tertiary/aromatic N) is 1. The molecule has 0 aromatic heterocycles. The average Bonchev–Trinajstić information content (AvgIpc) is 3.79. The lowest BCUT2D eigenvalue weighted by atomic mass is 9.53. The largest absolute Gasteiger partial charge is 0.294 e. The number of hydrogen-bond donors (Lipinski definition) is 0. The summed E-state index contributed by atoms with van der Waals surface area (Å²) in [4.78, 5) is 3.41. The summed E-state index contributed by atoms with van der Waals surface area (Å²) in [5.41, 5.74) is 0. The first kappa shape index (κ1) is 35.4. The van der Waals surface area contributed by atoms with Crippen molar-refractivity contribution in [2.45, 2.75) is 230 Å². The molecule has 1 heteroatoms. The molecular weight excluding hydrogens is 615 g/mol. The van der Waals surface area contributed by atoms with Crippen molar-refractivity contribution in [2.75, 3.05) is 0 Å². The van der Waals surface area contributed by atoms with Crippen LogP contribution in [0.25, 0.3) is 0 Å². The van der Waals surface area contributed by atoms with E-state index in [1.807, 2.05) is 0 Å². The molecular formula is C50H83N. The molecule has 1 nitrogen and oxygen atoms in total. The SMILES string of the molecule is C1CCC(C2CCC(N(C3CCC(C4CCCCC4)CC3)C3CCC4C(CC5CC6CCCCC6C(C6CC7CCCCC7C6)C54)C3)CC2)CC1. The number of rotatable bonds is 6. The number of fused-ring (bicyclic) bond motifs is 5. The van der Waals surface area contributed by atoms with Crippen LogP contribution in [-0.2, 0) is 0 Å². The molecule has 10 atom stereocenters. The van der Waals surface area contributed by atoms with E-state index in [1.165, 1.54) is 38.5 Å². The molecule has 0 aliphatic heterocycles. The molecule has 10 rings (SSSR count). The third kappa shape index (κ3) is 7.13. The first-order valence-corrected chi connectivity index (χ1v) is 25.0. The summed E-state index contributed by atoms with van der Waals surface area (Å²) in [6.45, 7) is 0. The van der Waals surface area contributed by atoms with Crippen LogP contribution in [0.1, 0.15) is 212 Å². The smallest absolute Gasteiger partial charge is 0.0104 e. The molecule has 10 unspecified atom stereocenters. The number of hydrogen-bond acceptors (Lipinski definition) is 1. The van der Waals surface area contributed by atoms with E-state index in [0.29, 0.717) is 0 Å². The molecule has 0 radical (unpaired) electrons. The summed E-state index contributed by atoms with van der Waals surface area (Å²) < 4.78 is 0. The minimum Gasteiger partial charge on any atom is -0.294 e. The Balaban J connectivity index is 0.858. The van der Waals surface area contributed by atoms with Crippen molar-refractivity contribution in [1.82, 2.24) is 4.90 Å². The van der Waals surface area contributed by atoms with Crippen LogP contribution in [0.3, 0.4) is 0 Å². The van der Waals surface area contributed by atoms with Crippen molar-refractivity contribution in [1.29, 1.82) is 0 Å². The van der Waals surface area contributed by atoms with Gasteiger partial charge in [0.15, 0.2) is 0 Å². The quantitative estimate of drug-likeness (QED) is 0.267. The Morgan fingerprint density at radius 2 is 0.588 bits per heavy atom. The Morgan fingerprint density at radius 1 is 0.216 bits per heavy atom. The molecule has 288 valence electrons. The van der Waals surface area contributed by atoms with Gasteiger partial charge in [-0.25, -0.2) is 0 Å². The van der Waals surface area contributed by atoms with E-state index in [9.17, 15) is 0 Å². The summed E-state index contributed by atoms with van der Waals surface area (Å²) in [5.74, 6) is 15.6. The van der Waals surface area contributed by atoms with E-state index in [1.54, 1.807) is 173 Å². The predicted octanol–water partition coefficient (Wildman–Crippen LogP) is 14.0. The van der Waals surface area contributed by atoms with Gasteiger partial charge in [0.1, 0.15) is 0 Å².